The summed E-state index contributed by atoms with van der Waals surface area (Å²) in [6.45, 7) is 3.15. The number of Topliss-reactive ketones (excluding diaryl/α,β-unsaturated/α-hetero) is 1. The van der Waals surface area contributed by atoms with Gasteiger partial charge in [0.1, 0.15) is 0 Å². The van der Waals surface area contributed by atoms with Crippen LogP contribution in [0.4, 0.5) is 11.4 Å². The zero-order valence-corrected chi connectivity index (χ0v) is 18.6. The Bertz CT molecular complexity index is 1460. The van der Waals surface area contributed by atoms with Crippen molar-refractivity contribution in [2.75, 3.05) is 11.9 Å². The Labute approximate surface area is 197 Å². The van der Waals surface area contributed by atoms with Crippen molar-refractivity contribution in [3.05, 3.63) is 81.5 Å². The van der Waals surface area contributed by atoms with Crippen LogP contribution in [-0.4, -0.2) is 39.3 Å². The molecule has 2 heterocycles. The molecule has 0 spiro atoms. The number of ether oxygens (including phenoxy) is 1. The van der Waals surface area contributed by atoms with Crippen LogP contribution >= 0.6 is 0 Å². The zero-order chi connectivity index (χ0) is 25.1. The molecule has 2 aromatic carbocycles. The SMILES string of the molecule is CCOC(=O)c1c(C(=O)C(=O)Nc2ccccc2)c(-c2ccc([N+](=O)[O-])cc2)nc2onc(C)c12. The van der Waals surface area contributed by atoms with Gasteiger partial charge >= 0.3 is 5.97 Å². The molecule has 0 unspecified atom stereocenters. The molecular weight excluding hydrogens is 456 g/mol. The third kappa shape index (κ3) is 4.47. The summed E-state index contributed by atoms with van der Waals surface area (Å²) in [4.78, 5) is 54.4. The highest BCUT2D eigenvalue weighted by atomic mass is 16.6. The smallest absolute Gasteiger partial charge is 0.339 e. The molecule has 0 saturated heterocycles. The molecule has 0 aliphatic rings. The second-order valence-electron chi connectivity index (χ2n) is 7.33. The topological polar surface area (TPSA) is 155 Å². The van der Waals surface area contributed by atoms with Crippen LogP contribution in [-0.2, 0) is 9.53 Å². The standard InChI is InChI=1S/C24H18N4O7/c1-3-34-24(31)18-17-13(2)27-35-23(17)26-20(14-9-11-16(12-10-14)28(32)33)19(18)21(29)22(30)25-15-7-5-4-6-8-15/h4-12H,3H2,1-2H3,(H,25,30). The van der Waals surface area contributed by atoms with Gasteiger partial charge < -0.3 is 14.6 Å². The van der Waals surface area contributed by atoms with E-state index >= 15 is 0 Å². The van der Waals surface area contributed by atoms with Crippen LogP contribution < -0.4 is 5.32 Å². The fourth-order valence-electron chi connectivity index (χ4n) is 3.52. The molecule has 11 nitrogen and oxygen atoms in total. The van der Waals surface area contributed by atoms with E-state index in [1.54, 1.807) is 44.2 Å². The highest BCUT2D eigenvalue weighted by Gasteiger charge is 2.33. The number of ketones is 1. The fraction of sp³-hybridized carbons (Fsp3) is 0.125. The van der Waals surface area contributed by atoms with E-state index in [9.17, 15) is 24.5 Å². The molecule has 2 aromatic heterocycles. The third-order valence-electron chi connectivity index (χ3n) is 5.09. The first-order valence-electron chi connectivity index (χ1n) is 10.4. The van der Waals surface area contributed by atoms with Gasteiger partial charge in [0.15, 0.2) is 0 Å². The molecule has 11 heteroatoms. The summed E-state index contributed by atoms with van der Waals surface area (Å²) < 4.78 is 10.4. The van der Waals surface area contributed by atoms with Crippen molar-refractivity contribution in [1.29, 1.82) is 0 Å². The van der Waals surface area contributed by atoms with Crippen molar-refractivity contribution in [1.82, 2.24) is 10.1 Å². The maximum Gasteiger partial charge on any atom is 0.339 e. The number of hydrogen-bond donors (Lipinski definition) is 1. The Morgan fingerprint density at radius 2 is 1.74 bits per heavy atom. The predicted molar refractivity (Wildman–Crippen MR) is 124 cm³/mol. The summed E-state index contributed by atoms with van der Waals surface area (Å²) in [6.07, 6.45) is 0. The van der Waals surface area contributed by atoms with Crippen LogP contribution in [0.2, 0.25) is 0 Å². The number of nitrogens with one attached hydrogen (secondary N) is 1. The van der Waals surface area contributed by atoms with Crippen LogP contribution in [0.25, 0.3) is 22.4 Å². The number of esters is 1. The van der Waals surface area contributed by atoms with E-state index in [1.807, 2.05) is 0 Å². The molecule has 0 aliphatic heterocycles. The van der Waals surface area contributed by atoms with Crippen LogP contribution in [0.15, 0.2) is 59.1 Å². The number of amides is 1. The number of fused-ring (bicyclic) bond motifs is 1. The lowest BCUT2D eigenvalue weighted by molar-refractivity contribution is -0.384. The molecule has 4 rings (SSSR count). The lowest BCUT2D eigenvalue weighted by Crippen LogP contribution is -2.26. The third-order valence-corrected chi connectivity index (χ3v) is 5.09. The quantitative estimate of drug-likeness (QED) is 0.137. The number of hydrogen-bond acceptors (Lipinski definition) is 9. The summed E-state index contributed by atoms with van der Waals surface area (Å²) in [5, 5.41) is 17.5. The van der Waals surface area contributed by atoms with E-state index in [1.165, 1.54) is 24.3 Å². The first kappa shape index (κ1) is 23.2. The van der Waals surface area contributed by atoms with Crippen molar-refractivity contribution in [2.24, 2.45) is 0 Å². The van der Waals surface area contributed by atoms with Crippen molar-refractivity contribution < 1.29 is 28.6 Å². The summed E-state index contributed by atoms with van der Waals surface area (Å²) in [5.74, 6) is -2.94. The Morgan fingerprint density at radius 3 is 2.37 bits per heavy atom. The van der Waals surface area contributed by atoms with E-state index in [0.29, 0.717) is 5.69 Å². The minimum absolute atomic E-state index is 0.00366. The average molecular weight is 474 g/mol. The van der Waals surface area contributed by atoms with Crippen molar-refractivity contribution >= 4 is 40.1 Å². The number of nitro groups is 1. The molecule has 0 radical (unpaired) electrons. The monoisotopic (exact) mass is 474 g/mol. The van der Waals surface area contributed by atoms with Crippen molar-refractivity contribution in [3.63, 3.8) is 0 Å². The summed E-state index contributed by atoms with van der Waals surface area (Å²) in [7, 11) is 0. The summed E-state index contributed by atoms with van der Waals surface area (Å²) in [5.41, 5.74) is -0.00187. The van der Waals surface area contributed by atoms with E-state index < -0.39 is 22.6 Å². The lowest BCUT2D eigenvalue weighted by Gasteiger charge is -2.14. The average Bonchev–Trinajstić information content (AvgIpc) is 3.23. The molecule has 1 N–H and O–H groups in total. The second-order valence-corrected chi connectivity index (χ2v) is 7.33. The first-order chi connectivity index (χ1) is 16.8. The second kappa shape index (κ2) is 9.51. The fourth-order valence-corrected chi connectivity index (χ4v) is 3.52. The molecule has 4 aromatic rings. The number of para-hydroxylation sites is 1. The van der Waals surface area contributed by atoms with E-state index in [2.05, 4.69) is 15.5 Å². The van der Waals surface area contributed by atoms with Crippen LogP contribution in [0.1, 0.15) is 33.3 Å². The predicted octanol–water partition coefficient (Wildman–Crippen LogP) is 4.10. The summed E-state index contributed by atoms with van der Waals surface area (Å²) in [6, 6.07) is 13.5. The van der Waals surface area contributed by atoms with Gasteiger partial charge in [-0.25, -0.2) is 9.78 Å². The van der Waals surface area contributed by atoms with E-state index in [-0.39, 0.29) is 51.5 Å². The number of benzene rings is 2. The molecule has 0 bridgehead atoms. The van der Waals surface area contributed by atoms with Gasteiger partial charge in [0.25, 0.3) is 23.1 Å². The minimum atomic E-state index is -1.06. The van der Waals surface area contributed by atoms with E-state index in [0.717, 1.165) is 0 Å². The van der Waals surface area contributed by atoms with Crippen LogP contribution in [0, 0.1) is 17.0 Å². The number of nitro benzene ring substituents is 1. The molecule has 1 amide bonds. The van der Waals surface area contributed by atoms with Crippen molar-refractivity contribution in [2.45, 2.75) is 13.8 Å². The Hall–Kier alpha value is -4.93. The van der Waals surface area contributed by atoms with Gasteiger partial charge in [-0.15, -0.1) is 0 Å². The minimum Gasteiger partial charge on any atom is -0.462 e. The van der Waals surface area contributed by atoms with Gasteiger partial charge in [0.05, 0.1) is 39.4 Å². The van der Waals surface area contributed by atoms with Gasteiger partial charge in [0, 0.05) is 23.4 Å². The molecular formula is C24H18N4O7. The summed E-state index contributed by atoms with van der Waals surface area (Å²) >= 11 is 0. The number of carbonyl (C=O) groups excluding carboxylic acids is 3. The number of carbonyl (C=O) groups is 3. The number of rotatable bonds is 7. The highest BCUT2D eigenvalue weighted by molar-refractivity contribution is 6.49. The number of aryl methyl sites for hydroxylation is 1. The van der Waals surface area contributed by atoms with Gasteiger partial charge in [0.2, 0.25) is 0 Å². The molecule has 0 aliphatic carbocycles. The number of nitrogens with zero attached hydrogens (tertiary/aromatic N) is 3. The number of aromatic nitrogens is 2. The molecule has 0 saturated carbocycles. The van der Waals surface area contributed by atoms with Crippen LogP contribution in [0.3, 0.4) is 0 Å². The maximum absolute atomic E-state index is 13.5. The molecule has 0 atom stereocenters. The lowest BCUT2D eigenvalue weighted by atomic mass is 9.94. The first-order valence-corrected chi connectivity index (χ1v) is 10.4. The number of non-ortho nitro benzene ring substituents is 1. The Balaban J connectivity index is 1.96. The van der Waals surface area contributed by atoms with Gasteiger partial charge in [-0.1, -0.05) is 23.4 Å². The highest BCUT2D eigenvalue weighted by Crippen LogP contribution is 2.34. The Morgan fingerprint density at radius 1 is 1.06 bits per heavy atom. The van der Waals surface area contributed by atoms with Gasteiger partial charge in [-0.3, -0.25) is 19.7 Å². The molecule has 35 heavy (non-hydrogen) atoms. The van der Waals surface area contributed by atoms with E-state index in [4.69, 9.17) is 9.26 Å². The maximum atomic E-state index is 13.5. The van der Waals surface area contributed by atoms with Crippen LogP contribution in [0.5, 0.6) is 0 Å². The van der Waals surface area contributed by atoms with Gasteiger partial charge in [-0.2, -0.15) is 0 Å². The van der Waals surface area contributed by atoms with Gasteiger partial charge in [-0.05, 0) is 38.1 Å². The normalized spacial score (nSPS) is 10.7. The zero-order valence-electron chi connectivity index (χ0n) is 18.6. The molecule has 176 valence electrons. The van der Waals surface area contributed by atoms with Crippen molar-refractivity contribution in [3.8, 4) is 11.3 Å². The molecule has 0 fully saturated rings. The largest absolute Gasteiger partial charge is 0.462 e. The number of anilines is 1. The number of pyridine rings is 1. The Kier molecular flexibility index (Phi) is 6.32.